The Hall–Kier alpha value is -0.270. The van der Waals surface area contributed by atoms with Gasteiger partial charge in [0.05, 0.1) is 52.2 Å². The number of ether oxygens (including phenoxy) is 3. The Bertz CT molecular complexity index is 441. The van der Waals surface area contributed by atoms with E-state index in [0.29, 0.717) is 45.0 Å². The summed E-state index contributed by atoms with van der Waals surface area (Å²) < 4.78 is 20.8. The largest absolute Gasteiger partial charge is 0.465 e. The van der Waals surface area contributed by atoms with Crippen molar-refractivity contribution < 1.29 is 23.5 Å². The van der Waals surface area contributed by atoms with E-state index >= 15 is 0 Å². The van der Waals surface area contributed by atoms with Crippen LogP contribution in [-0.4, -0.2) is 39.5 Å². The van der Waals surface area contributed by atoms with Gasteiger partial charge >= 0.3 is 5.97 Å². The fraction of sp³-hybridized carbons (Fsp3) is 0.500. The van der Waals surface area contributed by atoms with Crippen molar-refractivity contribution >= 4 is 34.5 Å². The molecule has 1 aromatic carbocycles. The summed E-state index contributed by atoms with van der Waals surface area (Å²) in [6.45, 7) is 5.14. The van der Waals surface area contributed by atoms with Gasteiger partial charge in [-0.3, -0.25) is 0 Å². The molecule has 0 saturated heterocycles. The quantitative estimate of drug-likeness (QED) is 0.249. The highest BCUT2D eigenvalue weighted by Crippen LogP contribution is 2.20. The maximum atomic E-state index is 11.5. The Morgan fingerprint density at radius 1 is 1.19 bits per heavy atom. The van der Waals surface area contributed by atoms with Crippen LogP contribution in [0.1, 0.15) is 21.5 Å². The van der Waals surface area contributed by atoms with Gasteiger partial charge < -0.3 is 18.7 Å². The molecule has 0 heterocycles. The summed E-state index contributed by atoms with van der Waals surface area (Å²) in [7, 11) is 1.38. The minimum absolute atomic E-state index is 0.317. The third-order valence-corrected chi connectivity index (χ3v) is 3.97. The fourth-order valence-electron chi connectivity index (χ4n) is 1.70. The highest BCUT2D eigenvalue weighted by molar-refractivity contribution is 14.2. The predicted octanol–water partition coefficient (Wildman–Crippen LogP) is 3.27. The van der Waals surface area contributed by atoms with Crippen molar-refractivity contribution in [1.82, 2.24) is 0 Å². The molecule has 0 radical (unpaired) electrons. The topological polar surface area (TPSA) is 54.0 Å². The van der Waals surface area contributed by atoms with Crippen LogP contribution in [0.3, 0.4) is 0 Å². The number of hydrogen-bond donors (Lipinski definition) is 0. The maximum absolute atomic E-state index is 11.5. The molecular weight excluding hydrogens is 406 g/mol. The molecule has 0 saturated carbocycles. The Balaban J connectivity index is 2.24. The summed E-state index contributed by atoms with van der Waals surface area (Å²) in [6, 6.07) is 5.57. The second kappa shape index (κ2) is 11.3. The van der Waals surface area contributed by atoms with Gasteiger partial charge in [0.2, 0.25) is 0 Å². The molecule has 5 nitrogen and oxygen atoms in total. The van der Waals surface area contributed by atoms with Crippen molar-refractivity contribution in [3.8, 4) is 0 Å². The lowest BCUT2D eigenvalue weighted by atomic mass is 10.1. The first-order chi connectivity index (χ1) is 10.2. The minimum atomic E-state index is -0.317. The summed E-state index contributed by atoms with van der Waals surface area (Å²) in [5.41, 5.74) is 2.49. The van der Waals surface area contributed by atoms with E-state index in [1.165, 1.54) is 7.11 Å². The van der Waals surface area contributed by atoms with Gasteiger partial charge in [-0.05, 0) is 46.2 Å². The smallest absolute Gasteiger partial charge is 0.338 e. The van der Waals surface area contributed by atoms with Gasteiger partial charge in [-0.1, -0.05) is 12.1 Å². The average molecular weight is 426 g/mol. The molecule has 1 atom stereocenters. The minimum Gasteiger partial charge on any atom is -0.465 e. The third kappa shape index (κ3) is 7.51. The number of benzene rings is 1. The van der Waals surface area contributed by atoms with Gasteiger partial charge in [0.1, 0.15) is 0 Å². The standard InChI is InChI=1S/C14H20IO5P/c1-11-9-12(3-4-13(11)14(16)17-2)10-19-6-5-18-7-8-20-21-15/h3-4,9,21H,5-8,10H2,1-2H3. The molecule has 0 aliphatic heterocycles. The number of rotatable bonds is 10. The van der Waals surface area contributed by atoms with Crippen molar-refractivity contribution in [2.45, 2.75) is 13.5 Å². The van der Waals surface area contributed by atoms with E-state index in [1.807, 2.05) is 19.1 Å². The van der Waals surface area contributed by atoms with Crippen LogP contribution < -0.4 is 0 Å². The molecule has 118 valence electrons. The lowest BCUT2D eigenvalue weighted by Gasteiger charge is -2.08. The zero-order valence-corrected chi connectivity index (χ0v) is 15.3. The number of carbonyl (C=O) groups excluding carboxylic acids is 1. The summed E-state index contributed by atoms with van der Waals surface area (Å²) in [5.74, 6) is -0.317. The van der Waals surface area contributed by atoms with Gasteiger partial charge in [0.15, 0.2) is 0 Å². The molecular formula is C14H20IO5P. The van der Waals surface area contributed by atoms with E-state index in [-0.39, 0.29) is 5.97 Å². The zero-order valence-electron chi connectivity index (χ0n) is 12.2. The summed E-state index contributed by atoms with van der Waals surface area (Å²) in [6.07, 6.45) is 0. The maximum Gasteiger partial charge on any atom is 0.338 e. The Morgan fingerprint density at radius 3 is 2.57 bits per heavy atom. The van der Waals surface area contributed by atoms with Crippen molar-refractivity contribution in [2.75, 3.05) is 33.5 Å². The molecule has 0 aromatic heterocycles. The molecule has 1 rings (SSSR count). The highest BCUT2D eigenvalue weighted by atomic mass is 127. The van der Waals surface area contributed by atoms with Gasteiger partial charge in [-0.25, -0.2) is 4.79 Å². The first kappa shape index (κ1) is 18.8. The molecule has 7 heteroatoms. The van der Waals surface area contributed by atoms with E-state index < -0.39 is 0 Å². The Kier molecular flexibility index (Phi) is 10.1. The second-order valence-corrected chi connectivity index (χ2v) is 6.00. The zero-order chi connectivity index (χ0) is 15.5. The van der Waals surface area contributed by atoms with E-state index in [2.05, 4.69) is 22.0 Å². The number of halogens is 1. The monoisotopic (exact) mass is 426 g/mol. The molecule has 0 aliphatic rings. The fourth-order valence-corrected chi connectivity index (χ4v) is 2.52. The van der Waals surface area contributed by atoms with E-state index in [0.717, 1.165) is 11.1 Å². The number of aryl methyl sites for hydroxylation is 1. The SMILES string of the molecule is COC(=O)c1ccc(COCCOCCOPI)cc1C. The summed E-state index contributed by atoms with van der Waals surface area (Å²) >= 11 is 2.18. The highest BCUT2D eigenvalue weighted by Gasteiger charge is 2.09. The number of methoxy groups -OCH3 is 1. The lowest BCUT2D eigenvalue weighted by Crippen LogP contribution is -2.08. The van der Waals surface area contributed by atoms with Crippen LogP contribution in [0.25, 0.3) is 0 Å². The van der Waals surface area contributed by atoms with Crippen molar-refractivity contribution in [3.05, 3.63) is 34.9 Å². The molecule has 0 amide bonds. The molecule has 0 spiro atoms. The number of hydrogen-bond acceptors (Lipinski definition) is 5. The molecule has 21 heavy (non-hydrogen) atoms. The Morgan fingerprint density at radius 2 is 1.90 bits per heavy atom. The van der Waals surface area contributed by atoms with Gasteiger partial charge in [-0.2, -0.15) is 0 Å². The first-order valence-corrected chi connectivity index (χ1v) is 10.5. The van der Waals surface area contributed by atoms with Crippen molar-refractivity contribution in [1.29, 1.82) is 0 Å². The lowest BCUT2D eigenvalue weighted by molar-refractivity contribution is 0.0321. The summed E-state index contributed by atoms with van der Waals surface area (Å²) in [4.78, 5) is 11.5. The van der Waals surface area contributed by atoms with Crippen LogP contribution in [-0.2, 0) is 25.3 Å². The van der Waals surface area contributed by atoms with Crippen LogP contribution in [0.4, 0.5) is 0 Å². The van der Waals surface area contributed by atoms with E-state index in [4.69, 9.17) is 18.7 Å². The molecule has 0 bridgehead atoms. The normalized spacial score (nSPS) is 11.2. The molecule has 0 N–H and O–H groups in total. The van der Waals surface area contributed by atoms with Crippen LogP contribution in [0.2, 0.25) is 0 Å². The van der Waals surface area contributed by atoms with Crippen LogP contribution in [0, 0.1) is 6.92 Å². The Labute approximate surface area is 140 Å². The molecule has 0 aliphatic carbocycles. The van der Waals surface area contributed by atoms with Crippen LogP contribution in [0.15, 0.2) is 18.2 Å². The number of carbonyl (C=O) groups is 1. The van der Waals surface area contributed by atoms with Crippen molar-refractivity contribution in [2.24, 2.45) is 0 Å². The first-order valence-electron chi connectivity index (χ1n) is 6.49. The van der Waals surface area contributed by atoms with E-state index in [9.17, 15) is 4.79 Å². The average Bonchev–Trinajstić information content (AvgIpc) is 2.49. The van der Waals surface area contributed by atoms with Gasteiger partial charge in [0, 0.05) is 0 Å². The van der Waals surface area contributed by atoms with Crippen LogP contribution >= 0.6 is 28.5 Å². The number of esters is 1. The van der Waals surface area contributed by atoms with E-state index in [1.54, 1.807) is 6.07 Å². The second-order valence-electron chi connectivity index (χ2n) is 4.23. The predicted molar refractivity (Wildman–Crippen MR) is 91.3 cm³/mol. The van der Waals surface area contributed by atoms with Crippen LogP contribution in [0.5, 0.6) is 0 Å². The summed E-state index contributed by atoms with van der Waals surface area (Å²) in [5, 5.41) is 0. The third-order valence-electron chi connectivity index (χ3n) is 2.72. The van der Waals surface area contributed by atoms with Gasteiger partial charge in [-0.15, -0.1) is 0 Å². The molecule has 1 unspecified atom stereocenters. The molecule has 1 aromatic rings. The van der Waals surface area contributed by atoms with Gasteiger partial charge in [0.25, 0.3) is 0 Å². The molecule has 0 fully saturated rings. The van der Waals surface area contributed by atoms with Crippen molar-refractivity contribution in [3.63, 3.8) is 0 Å².